The lowest BCUT2D eigenvalue weighted by atomic mass is 9.99. The van der Waals surface area contributed by atoms with Crippen LogP contribution in [-0.4, -0.2) is 24.5 Å². The van der Waals surface area contributed by atoms with Crippen LogP contribution < -0.4 is 0 Å². The van der Waals surface area contributed by atoms with Crippen molar-refractivity contribution < 1.29 is 0 Å². The summed E-state index contributed by atoms with van der Waals surface area (Å²) in [5.74, 6) is 0. The molecule has 0 saturated heterocycles. The van der Waals surface area contributed by atoms with Crippen LogP contribution >= 0.6 is 0 Å². The second-order valence-electron chi connectivity index (χ2n) is 13.2. The number of rotatable bonds is 34. The van der Waals surface area contributed by atoms with Crippen molar-refractivity contribution >= 4 is 0 Å². The Bertz CT molecular complexity index is 479. The van der Waals surface area contributed by atoms with Crippen molar-refractivity contribution in [3.8, 4) is 0 Å². The Kier molecular flexibility index (Phi) is 35.1. The van der Waals surface area contributed by atoms with Gasteiger partial charge in [-0.05, 0) is 77.8 Å². The van der Waals surface area contributed by atoms with Gasteiger partial charge in [0.25, 0.3) is 0 Å². The summed E-state index contributed by atoms with van der Waals surface area (Å²) in [6.45, 7) is 8.12. The lowest BCUT2D eigenvalue weighted by molar-refractivity contribution is 0.219. The van der Waals surface area contributed by atoms with E-state index >= 15 is 0 Å². The van der Waals surface area contributed by atoms with Gasteiger partial charge in [0, 0.05) is 6.04 Å². The first-order valence-corrected chi connectivity index (χ1v) is 19.3. The third-order valence-corrected chi connectivity index (χ3v) is 9.22. The van der Waals surface area contributed by atoms with Crippen LogP contribution in [0.2, 0.25) is 0 Å². The zero-order chi connectivity index (χ0) is 29.9. The van der Waals surface area contributed by atoms with E-state index in [4.69, 9.17) is 0 Å². The average molecular weight is 574 g/mol. The summed E-state index contributed by atoms with van der Waals surface area (Å²) in [4.78, 5) is 2.62. The largest absolute Gasteiger partial charge is 0.304 e. The summed E-state index contributed by atoms with van der Waals surface area (Å²) in [5, 5.41) is 0. The molecule has 244 valence electrons. The summed E-state index contributed by atoms with van der Waals surface area (Å²) in [6, 6.07) is 0.813. The molecule has 0 N–H and O–H groups in total. The molecule has 0 aliphatic heterocycles. The number of allylic oxidation sites excluding steroid dienone is 4. The molecule has 0 unspecified atom stereocenters. The first kappa shape index (κ1) is 40.4. The number of nitrogens with zero attached hydrogens (tertiary/aromatic N) is 1. The van der Waals surface area contributed by atoms with Crippen molar-refractivity contribution in [3.05, 3.63) is 24.3 Å². The molecular weight excluding hydrogens is 494 g/mol. The summed E-state index contributed by atoms with van der Waals surface area (Å²) >= 11 is 0. The minimum Gasteiger partial charge on any atom is -0.304 e. The predicted octanol–water partition coefficient (Wildman–Crippen LogP) is 14.2. The number of unbranched alkanes of at least 4 members (excludes halogenated alkanes) is 24. The maximum absolute atomic E-state index is 2.62. The van der Waals surface area contributed by atoms with E-state index in [1.54, 1.807) is 0 Å². The highest BCUT2D eigenvalue weighted by Crippen LogP contribution is 2.18. The topological polar surface area (TPSA) is 3.24 Å². The van der Waals surface area contributed by atoms with Crippen molar-refractivity contribution in [2.45, 2.75) is 219 Å². The SMILES string of the molecule is CCCCCCCC/C=C\CCCCCCCCC(CCCCCCCC/C=C\CCCCCCCC)N(C)CC. The fraction of sp³-hybridized carbons (Fsp3) is 0.900. The standard InChI is InChI=1S/C40H79N/c1-5-8-10-12-14-16-18-20-22-24-26-28-30-32-34-36-38-40(41(4)7-3)39-37-35-33-31-29-27-25-23-21-19-17-15-13-11-9-6-2/h20-23,40H,5-19,24-39H2,1-4H3/b22-20-,23-21-. The van der Waals surface area contributed by atoms with Gasteiger partial charge in [-0.15, -0.1) is 0 Å². The lowest BCUT2D eigenvalue weighted by Crippen LogP contribution is -2.31. The highest BCUT2D eigenvalue weighted by molar-refractivity contribution is 4.82. The Morgan fingerprint density at radius 3 is 0.927 bits per heavy atom. The van der Waals surface area contributed by atoms with Crippen LogP contribution in [0.15, 0.2) is 24.3 Å². The first-order chi connectivity index (χ1) is 20.3. The molecule has 0 aromatic carbocycles. The monoisotopic (exact) mass is 574 g/mol. The maximum atomic E-state index is 2.62. The van der Waals surface area contributed by atoms with Gasteiger partial charge in [0.05, 0.1) is 0 Å². The van der Waals surface area contributed by atoms with Gasteiger partial charge in [0.1, 0.15) is 0 Å². The van der Waals surface area contributed by atoms with Crippen LogP contribution in [0, 0.1) is 0 Å². The average Bonchev–Trinajstić information content (AvgIpc) is 2.99. The Balaban J connectivity index is 3.57. The summed E-state index contributed by atoms with van der Waals surface area (Å²) in [7, 11) is 2.35. The molecule has 0 fully saturated rings. The molecule has 1 heteroatoms. The minimum absolute atomic E-state index is 0.813. The van der Waals surface area contributed by atoms with Crippen molar-refractivity contribution in [2.24, 2.45) is 0 Å². The van der Waals surface area contributed by atoms with Gasteiger partial charge in [0.15, 0.2) is 0 Å². The van der Waals surface area contributed by atoms with Crippen LogP contribution in [-0.2, 0) is 0 Å². The third kappa shape index (κ3) is 32.2. The van der Waals surface area contributed by atoms with E-state index < -0.39 is 0 Å². The van der Waals surface area contributed by atoms with Crippen molar-refractivity contribution in [3.63, 3.8) is 0 Å². The van der Waals surface area contributed by atoms with Crippen molar-refractivity contribution in [2.75, 3.05) is 13.6 Å². The molecule has 0 aliphatic rings. The quantitative estimate of drug-likeness (QED) is 0.0546. The summed E-state index contributed by atoms with van der Waals surface area (Å²) in [6.07, 6.45) is 51.9. The number of hydrogen-bond acceptors (Lipinski definition) is 1. The zero-order valence-electron chi connectivity index (χ0n) is 29.3. The summed E-state index contributed by atoms with van der Waals surface area (Å²) in [5.41, 5.74) is 0. The Morgan fingerprint density at radius 1 is 0.366 bits per heavy atom. The van der Waals surface area contributed by atoms with Gasteiger partial charge in [0.2, 0.25) is 0 Å². The molecule has 0 aromatic heterocycles. The van der Waals surface area contributed by atoms with Gasteiger partial charge in [-0.1, -0.05) is 173 Å². The molecular formula is C40H79N. The van der Waals surface area contributed by atoms with Crippen LogP contribution in [0.1, 0.15) is 213 Å². The number of hydrogen-bond donors (Lipinski definition) is 0. The third-order valence-electron chi connectivity index (χ3n) is 9.22. The van der Waals surface area contributed by atoms with Crippen LogP contribution in [0.25, 0.3) is 0 Å². The van der Waals surface area contributed by atoms with E-state index in [-0.39, 0.29) is 0 Å². The molecule has 0 aliphatic carbocycles. The molecule has 0 saturated carbocycles. The molecule has 0 heterocycles. The van der Waals surface area contributed by atoms with E-state index in [2.05, 4.69) is 57.0 Å². The van der Waals surface area contributed by atoms with Gasteiger partial charge in [-0.25, -0.2) is 0 Å². The van der Waals surface area contributed by atoms with Crippen molar-refractivity contribution in [1.82, 2.24) is 4.90 Å². The highest BCUT2D eigenvalue weighted by atomic mass is 15.1. The van der Waals surface area contributed by atoms with E-state index in [9.17, 15) is 0 Å². The Labute approximate surface area is 261 Å². The lowest BCUT2D eigenvalue weighted by Gasteiger charge is -2.27. The second-order valence-corrected chi connectivity index (χ2v) is 13.2. The smallest absolute Gasteiger partial charge is 0.00920 e. The molecule has 0 spiro atoms. The molecule has 1 nitrogen and oxygen atoms in total. The minimum atomic E-state index is 0.813. The van der Waals surface area contributed by atoms with E-state index in [0.29, 0.717) is 0 Å². The molecule has 0 bridgehead atoms. The zero-order valence-corrected chi connectivity index (χ0v) is 29.3. The van der Waals surface area contributed by atoms with E-state index in [1.807, 2.05) is 0 Å². The fourth-order valence-corrected chi connectivity index (χ4v) is 6.10. The van der Waals surface area contributed by atoms with Crippen LogP contribution in [0.5, 0.6) is 0 Å². The molecule has 0 amide bonds. The first-order valence-electron chi connectivity index (χ1n) is 19.3. The normalized spacial score (nSPS) is 12.2. The Hall–Kier alpha value is -0.560. The van der Waals surface area contributed by atoms with Gasteiger partial charge >= 0.3 is 0 Å². The second kappa shape index (κ2) is 35.6. The van der Waals surface area contributed by atoms with Crippen molar-refractivity contribution in [1.29, 1.82) is 0 Å². The van der Waals surface area contributed by atoms with Gasteiger partial charge in [-0.2, -0.15) is 0 Å². The molecule has 0 rings (SSSR count). The highest BCUT2D eigenvalue weighted by Gasteiger charge is 2.12. The molecule has 41 heavy (non-hydrogen) atoms. The maximum Gasteiger partial charge on any atom is 0.00920 e. The fourth-order valence-electron chi connectivity index (χ4n) is 6.10. The summed E-state index contributed by atoms with van der Waals surface area (Å²) < 4.78 is 0. The van der Waals surface area contributed by atoms with Crippen LogP contribution in [0.4, 0.5) is 0 Å². The van der Waals surface area contributed by atoms with E-state index in [0.717, 1.165) is 6.04 Å². The molecule has 0 radical (unpaired) electrons. The Morgan fingerprint density at radius 2 is 0.634 bits per heavy atom. The van der Waals surface area contributed by atoms with Gasteiger partial charge < -0.3 is 4.90 Å². The molecule has 0 aromatic rings. The predicted molar refractivity (Wildman–Crippen MR) is 190 cm³/mol. The molecule has 0 atom stereocenters. The van der Waals surface area contributed by atoms with E-state index in [1.165, 1.54) is 199 Å². The van der Waals surface area contributed by atoms with Crippen LogP contribution in [0.3, 0.4) is 0 Å². The van der Waals surface area contributed by atoms with Gasteiger partial charge in [-0.3, -0.25) is 0 Å².